The van der Waals surface area contributed by atoms with Gasteiger partial charge in [0.1, 0.15) is 0 Å². The maximum atomic E-state index is 11.4. The summed E-state index contributed by atoms with van der Waals surface area (Å²) in [6.07, 6.45) is 0.791. The molecule has 1 saturated heterocycles. The molecule has 1 heterocycles. The van der Waals surface area contributed by atoms with Crippen LogP contribution < -0.4 is 0 Å². The largest absolute Gasteiger partial charge is 0.214 e. The first-order chi connectivity index (χ1) is 5.45. The van der Waals surface area contributed by atoms with Gasteiger partial charge in [0.15, 0.2) is 0 Å². The van der Waals surface area contributed by atoms with Crippen LogP contribution in [0.3, 0.4) is 0 Å². The van der Waals surface area contributed by atoms with Crippen LogP contribution in [0.4, 0.5) is 0 Å². The molecule has 1 aliphatic heterocycles. The van der Waals surface area contributed by atoms with Gasteiger partial charge in [-0.2, -0.15) is 4.31 Å². The maximum Gasteiger partial charge on any atom is 0.214 e. The van der Waals surface area contributed by atoms with E-state index in [0.29, 0.717) is 18.2 Å². The monoisotopic (exact) mass is 191 g/mol. The van der Waals surface area contributed by atoms with Gasteiger partial charge in [-0.05, 0) is 19.3 Å². The highest BCUT2D eigenvalue weighted by molar-refractivity contribution is 7.89. The van der Waals surface area contributed by atoms with Crippen LogP contribution >= 0.6 is 0 Å². The normalized spacial score (nSPS) is 26.3. The highest BCUT2D eigenvalue weighted by atomic mass is 32.2. The Morgan fingerprint density at radius 3 is 2.17 bits per heavy atom. The van der Waals surface area contributed by atoms with Crippen molar-refractivity contribution in [1.82, 2.24) is 4.31 Å². The Morgan fingerprint density at radius 1 is 1.25 bits per heavy atom. The van der Waals surface area contributed by atoms with Gasteiger partial charge in [0.25, 0.3) is 0 Å². The number of rotatable bonds is 2. The van der Waals surface area contributed by atoms with Crippen molar-refractivity contribution in [3.05, 3.63) is 0 Å². The molecule has 12 heavy (non-hydrogen) atoms. The number of sulfonamides is 1. The Balaban J connectivity index is 2.76. The van der Waals surface area contributed by atoms with Crippen LogP contribution in [0.15, 0.2) is 0 Å². The molecule has 4 heteroatoms. The minimum absolute atomic E-state index is 0.150. The van der Waals surface area contributed by atoms with E-state index >= 15 is 0 Å². The van der Waals surface area contributed by atoms with Crippen LogP contribution in [-0.2, 0) is 10.0 Å². The van der Waals surface area contributed by atoms with Gasteiger partial charge < -0.3 is 0 Å². The van der Waals surface area contributed by atoms with E-state index in [4.69, 9.17) is 0 Å². The van der Waals surface area contributed by atoms with Crippen LogP contribution in [0, 0.1) is 5.92 Å². The third-order valence-electron chi connectivity index (χ3n) is 2.56. The Hall–Kier alpha value is -0.0900. The van der Waals surface area contributed by atoms with Crippen molar-refractivity contribution in [3.63, 3.8) is 0 Å². The summed E-state index contributed by atoms with van der Waals surface area (Å²) < 4.78 is 24.5. The van der Waals surface area contributed by atoms with E-state index in [1.54, 1.807) is 4.31 Å². The van der Waals surface area contributed by atoms with Crippen molar-refractivity contribution in [1.29, 1.82) is 0 Å². The summed E-state index contributed by atoms with van der Waals surface area (Å²) in [7, 11) is -2.90. The molecule has 0 amide bonds. The molecule has 1 rings (SSSR count). The van der Waals surface area contributed by atoms with E-state index in [-0.39, 0.29) is 6.04 Å². The van der Waals surface area contributed by atoms with Gasteiger partial charge in [-0.15, -0.1) is 0 Å². The summed E-state index contributed by atoms with van der Waals surface area (Å²) in [6, 6.07) is 0.150. The van der Waals surface area contributed by atoms with Gasteiger partial charge in [0, 0.05) is 12.6 Å². The lowest BCUT2D eigenvalue weighted by Crippen LogP contribution is -2.37. The van der Waals surface area contributed by atoms with Gasteiger partial charge in [-0.1, -0.05) is 13.8 Å². The molecule has 0 N–H and O–H groups in total. The average Bonchev–Trinajstić information content (AvgIpc) is 2.27. The Kier molecular flexibility index (Phi) is 2.78. The zero-order valence-electron chi connectivity index (χ0n) is 7.95. The standard InChI is InChI=1S/C8H17NO2S/c1-7(2)8(3)9-5-4-6-12(9,10)11/h7-8H,4-6H2,1-3H3. The van der Waals surface area contributed by atoms with Crippen LogP contribution in [0.2, 0.25) is 0 Å². The van der Waals surface area contributed by atoms with Gasteiger partial charge in [0.05, 0.1) is 5.75 Å². The third-order valence-corrected chi connectivity index (χ3v) is 4.59. The molecule has 0 aromatic carbocycles. The molecule has 1 atom stereocenters. The first-order valence-corrected chi connectivity index (χ1v) is 6.05. The van der Waals surface area contributed by atoms with Crippen molar-refractivity contribution in [3.8, 4) is 0 Å². The molecule has 0 saturated carbocycles. The molecule has 0 aliphatic carbocycles. The first-order valence-electron chi connectivity index (χ1n) is 4.44. The van der Waals surface area contributed by atoms with Crippen LogP contribution in [-0.4, -0.2) is 31.1 Å². The molecule has 1 unspecified atom stereocenters. The number of hydrogen-bond acceptors (Lipinski definition) is 2. The molecule has 0 aromatic heterocycles. The van der Waals surface area contributed by atoms with Crippen molar-refractivity contribution < 1.29 is 8.42 Å². The number of nitrogens with zero attached hydrogens (tertiary/aromatic N) is 1. The summed E-state index contributed by atoms with van der Waals surface area (Å²) in [4.78, 5) is 0. The van der Waals surface area contributed by atoms with Crippen LogP contribution in [0.5, 0.6) is 0 Å². The molecule has 0 radical (unpaired) electrons. The summed E-state index contributed by atoms with van der Waals surface area (Å²) in [5.74, 6) is 0.738. The molecular weight excluding hydrogens is 174 g/mol. The highest BCUT2D eigenvalue weighted by Gasteiger charge is 2.33. The second-order valence-corrected chi connectivity index (χ2v) is 5.81. The summed E-state index contributed by atoms with van der Waals surface area (Å²) in [5, 5.41) is 0. The lowest BCUT2D eigenvalue weighted by molar-refractivity contribution is 0.293. The second kappa shape index (κ2) is 3.34. The molecule has 3 nitrogen and oxygen atoms in total. The van der Waals surface area contributed by atoms with Gasteiger partial charge in [-0.3, -0.25) is 0 Å². The molecule has 0 aromatic rings. The van der Waals surface area contributed by atoms with Crippen LogP contribution in [0.25, 0.3) is 0 Å². The minimum atomic E-state index is -2.90. The van der Waals surface area contributed by atoms with Crippen molar-refractivity contribution >= 4 is 10.0 Å². The molecule has 72 valence electrons. The lowest BCUT2D eigenvalue weighted by atomic mass is 10.1. The Bertz CT molecular complexity index is 246. The molecular formula is C8H17NO2S. The zero-order chi connectivity index (χ0) is 9.35. The second-order valence-electron chi connectivity index (χ2n) is 3.76. The predicted octanol–water partition coefficient (Wildman–Crippen LogP) is 1.07. The topological polar surface area (TPSA) is 37.4 Å². The lowest BCUT2D eigenvalue weighted by Gasteiger charge is -2.25. The Labute approximate surface area is 74.8 Å². The molecule has 1 fully saturated rings. The maximum absolute atomic E-state index is 11.4. The van der Waals surface area contributed by atoms with Gasteiger partial charge >= 0.3 is 0 Å². The third kappa shape index (κ3) is 1.80. The Morgan fingerprint density at radius 2 is 1.83 bits per heavy atom. The summed E-state index contributed by atoms with van der Waals surface area (Å²) >= 11 is 0. The van der Waals surface area contributed by atoms with Crippen molar-refractivity contribution in [2.75, 3.05) is 12.3 Å². The minimum Gasteiger partial charge on any atom is -0.212 e. The fraction of sp³-hybridized carbons (Fsp3) is 1.00. The highest BCUT2D eigenvalue weighted by Crippen LogP contribution is 2.20. The quantitative estimate of drug-likeness (QED) is 0.654. The predicted molar refractivity (Wildman–Crippen MR) is 49.4 cm³/mol. The number of hydrogen-bond donors (Lipinski definition) is 0. The molecule has 0 spiro atoms. The van der Waals surface area contributed by atoms with Crippen LogP contribution in [0.1, 0.15) is 27.2 Å². The smallest absolute Gasteiger partial charge is 0.212 e. The van der Waals surface area contributed by atoms with E-state index in [2.05, 4.69) is 13.8 Å². The van der Waals surface area contributed by atoms with Crippen molar-refractivity contribution in [2.24, 2.45) is 5.92 Å². The van der Waals surface area contributed by atoms with E-state index in [9.17, 15) is 8.42 Å². The van der Waals surface area contributed by atoms with E-state index < -0.39 is 10.0 Å². The SMILES string of the molecule is CC(C)C(C)N1CCCS1(=O)=O. The molecule has 1 aliphatic rings. The van der Waals surface area contributed by atoms with E-state index in [0.717, 1.165) is 6.42 Å². The zero-order valence-corrected chi connectivity index (χ0v) is 8.76. The fourth-order valence-electron chi connectivity index (χ4n) is 1.45. The first kappa shape index (κ1) is 9.99. The van der Waals surface area contributed by atoms with Gasteiger partial charge in [-0.25, -0.2) is 8.42 Å². The molecule has 0 bridgehead atoms. The van der Waals surface area contributed by atoms with E-state index in [1.165, 1.54) is 0 Å². The van der Waals surface area contributed by atoms with Gasteiger partial charge in [0.2, 0.25) is 10.0 Å². The fourth-order valence-corrected chi connectivity index (χ4v) is 3.33. The summed E-state index contributed by atoms with van der Waals surface area (Å²) in [5.41, 5.74) is 0. The van der Waals surface area contributed by atoms with E-state index in [1.807, 2.05) is 6.92 Å². The van der Waals surface area contributed by atoms with Crippen molar-refractivity contribution in [2.45, 2.75) is 33.2 Å². The average molecular weight is 191 g/mol. The summed E-state index contributed by atoms with van der Waals surface area (Å²) in [6.45, 7) is 6.80.